The van der Waals surface area contributed by atoms with Gasteiger partial charge in [0.05, 0.1) is 16.7 Å². The van der Waals surface area contributed by atoms with Gasteiger partial charge in [0.15, 0.2) is 0 Å². The number of ether oxygens (including phenoxy) is 1. The molecule has 0 unspecified atom stereocenters. The number of nitrogens with zero attached hydrogens (tertiary/aromatic N) is 4. The van der Waals surface area contributed by atoms with E-state index in [1.54, 1.807) is 0 Å². The zero-order chi connectivity index (χ0) is 40.4. The van der Waals surface area contributed by atoms with Gasteiger partial charge in [0, 0.05) is 47.0 Å². The van der Waals surface area contributed by atoms with E-state index in [0.29, 0.717) is 11.5 Å². The minimum absolute atomic E-state index is 0. The van der Waals surface area contributed by atoms with Crippen molar-refractivity contribution in [1.82, 2.24) is 14.1 Å². The zero-order valence-electron chi connectivity index (χ0n) is 35.6. The number of aromatic nitrogens is 4. The molecular weight excluding hydrogens is 892 g/mol. The Hall–Kier alpha value is -4.99. The molecule has 8 aromatic rings. The van der Waals surface area contributed by atoms with E-state index in [4.69, 9.17) is 9.72 Å². The molecule has 5 nitrogen and oxygen atoms in total. The van der Waals surface area contributed by atoms with Crippen molar-refractivity contribution in [3.05, 3.63) is 151 Å². The Morgan fingerprint density at radius 2 is 1.34 bits per heavy atom. The SMILES string of the molecule is [2H]C1(c2cccc(C3([2H])CCCCC3)c2-[n+]2[c-]n(-c3[c-]c(Oc4[c-]c5c(cc4)c4ccccc4n5-c4cc(C(C)(C)C)ccn4)ccc3)c3ccccc32)CCCCC1.[Pt]. The first-order valence-electron chi connectivity index (χ1n) is 21.8. The van der Waals surface area contributed by atoms with Crippen LogP contribution in [0, 0.1) is 18.5 Å². The fourth-order valence-corrected chi connectivity index (χ4v) is 9.18. The van der Waals surface area contributed by atoms with E-state index in [-0.39, 0.29) is 26.5 Å². The average molecular weight is 944 g/mol. The summed E-state index contributed by atoms with van der Waals surface area (Å²) in [6.07, 6.45) is 15.5. The number of rotatable bonds is 7. The number of hydrogen-bond donors (Lipinski definition) is 0. The molecule has 5 aromatic carbocycles. The molecule has 0 spiro atoms. The first-order valence-corrected chi connectivity index (χ1v) is 20.8. The molecule has 0 atom stereocenters. The van der Waals surface area contributed by atoms with Gasteiger partial charge in [-0.05, 0) is 88.8 Å². The monoisotopic (exact) mass is 943 g/mol. The topological polar surface area (TPSA) is 35.9 Å². The van der Waals surface area contributed by atoms with Gasteiger partial charge in [0.1, 0.15) is 5.82 Å². The fourth-order valence-electron chi connectivity index (χ4n) is 9.18. The molecule has 0 saturated heterocycles. The molecule has 2 saturated carbocycles. The largest absolute Gasteiger partial charge is 0.510 e. The Morgan fingerprint density at radius 3 is 2.07 bits per heavy atom. The van der Waals surface area contributed by atoms with Crippen molar-refractivity contribution < 1.29 is 33.1 Å². The van der Waals surface area contributed by atoms with Gasteiger partial charge in [-0.15, -0.1) is 29.7 Å². The maximum absolute atomic E-state index is 9.89. The van der Waals surface area contributed by atoms with Crippen LogP contribution in [0.15, 0.2) is 115 Å². The van der Waals surface area contributed by atoms with Crippen LogP contribution >= 0.6 is 0 Å². The van der Waals surface area contributed by atoms with Gasteiger partial charge in [0.2, 0.25) is 0 Å². The minimum atomic E-state index is -0.715. The van der Waals surface area contributed by atoms with E-state index < -0.39 is 11.8 Å². The van der Waals surface area contributed by atoms with Gasteiger partial charge in [-0.2, -0.15) is 18.2 Å². The number of para-hydroxylation sites is 4. The van der Waals surface area contributed by atoms with Crippen molar-refractivity contribution >= 4 is 32.8 Å². The van der Waals surface area contributed by atoms with Crippen molar-refractivity contribution in [2.45, 2.75) is 102 Å². The van der Waals surface area contributed by atoms with Gasteiger partial charge in [-0.25, -0.2) is 4.98 Å². The molecule has 2 fully saturated rings. The second kappa shape index (κ2) is 16.0. The van der Waals surface area contributed by atoms with E-state index >= 15 is 0 Å². The van der Waals surface area contributed by atoms with Crippen LogP contribution in [-0.4, -0.2) is 14.1 Å². The van der Waals surface area contributed by atoms with Crippen LogP contribution in [-0.2, 0) is 26.5 Å². The van der Waals surface area contributed by atoms with Crippen LogP contribution < -0.4 is 9.30 Å². The van der Waals surface area contributed by atoms with Gasteiger partial charge in [-0.1, -0.05) is 125 Å². The van der Waals surface area contributed by atoms with Crippen LogP contribution in [0.25, 0.3) is 50.0 Å². The van der Waals surface area contributed by atoms with Crippen LogP contribution in [0.1, 0.15) is 116 Å². The maximum Gasteiger partial charge on any atom is 0.268 e. The molecule has 3 heterocycles. The third-order valence-corrected chi connectivity index (χ3v) is 12.1. The van der Waals surface area contributed by atoms with Crippen molar-refractivity contribution in [3.8, 4) is 28.7 Å². The number of benzene rings is 5. The predicted octanol–water partition coefficient (Wildman–Crippen LogP) is 13.0. The maximum atomic E-state index is 9.89. The smallest absolute Gasteiger partial charge is 0.268 e. The first kappa shape index (κ1) is 36.1. The van der Waals surface area contributed by atoms with Gasteiger partial charge < -0.3 is 13.9 Å². The molecule has 296 valence electrons. The quantitative estimate of drug-likeness (QED) is 0.118. The van der Waals surface area contributed by atoms with E-state index in [1.807, 2.05) is 30.5 Å². The molecule has 0 amide bonds. The van der Waals surface area contributed by atoms with Crippen molar-refractivity contribution in [2.75, 3.05) is 0 Å². The Balaban J connectivity index is 0.00000462. The summed E-state index contributed by atoms with van der Waals surface area (Å²) in [5, 5.41) is 2.21. The molecule has 2 aliphatic carbocycles. The minimum Gasteiger partial charge on any atom is -0.510 e. The molecule has 0 aliphatic heterocycles. The molecule has 3 aromatic heterocycles. The van der Waals surface area contributed by atoms with E-state index in [2.05, 4.69) is 138 Å². The van der Waals surface area contributed by atoms with Gasteiger partial charge in [0.25, 0.3) is 6.33 Å². The average Bonchev–Trinajstić information content (AvgIpc) is 3.80. The number of imidazole rings is 1. The van der Waals surface area contributed by atoms with Crippen molar-refractivity contribution in [1.29, 1.82) is 0 Å². The third kappa shape index (κ3) is 7.10. The Kier molecular flexibility index (Phi) is 9.95. The van der Waals surface area contributed by atoms with Crippen LogP contribution in [0.2, 0.25) is 0 Å². The Morgan fingerprint density at radius 1 is 0.690 bits per heavy atom. The third-order valence-electron chi connectivity index (χ3n) is 12.1. The molecular formula is C52H50N4OPt-2. The van der Waals surface area contributed by atoms with Crippen LogP contribution in [0.3, 0.4) is 0 Å². The molecule has 6 heteroatoms. The summed E-state index contributed by atoms with van der Waals surface area (Å²) in [6.45, 7) is 6.66. The van der Waals surface area contributed by atoms with E-state index in [1.165, 1.54) is 18.4 Å². The standard InChI is InChI=1S/C52H50N4O.Pt/c1-52(2,3)38-30-31-53-50(32-38)56-46-25-11-10-22-44(46)45-29-28-41(34-49(45)56)57-40-21-14-20-39(33-40)54-35-55(48-27-13-12-26-47(48)54)51-42(36-16-6-4-7-17-36)23-15-24-43(51)37-18-8-5-9-19-37;/h10-15,20-32,36-37H,4-9,16-19H2,1-3H3;/q-2;/i36D,37D;. The normalized spacial score (nSPS) is 17.2. The summed E-state index contributed by atoms with van der Waals surface area (Å²) < 4.78 is 32.8. The van der Waals surface area contributed by atoms with Crippen molar-refractivity contribution in [3.63, 3.8) is 0 Å². The summed E-state index contributed by atoms with van der Waals surface area (Å²) in [6, 6.07) is 44.7. The van der Waals surface area contributed by atoms with E-state index in [0.717, 1.165) is 113 Å². The molecule has 0 N–H and O–H groups in total. The van der Waals surface area contributed by atoms with Crippen LogP contribution in [0.4, 0.5) is 0 Å². The number of fused-ring (bicyclic) bond motifs is 4. The number of pyridine rings is 1. The summed E-state index contributed by atoms with van der Waals surface area (Å²) in [5.41, 5.74) is 8.87. The molecule has 2 aliphatic rings. The number of hydrogen-bond acceptors (Lipinski definition) is 2. The van der Waals surface area contributed by atoms with Crippen LogP contribution in [0.5, 0.6) is 11.5 Å². The summed E-state index contributed by atoms with van der Waals surface area (Å²) in [5.74, 6) is 0.560. The second-order valence-corrected chi connectivity index (χ2v) is 16.9. The second-order valence-electron chi connectivity index (χ2n) is 16.9. The molecule has 0 bridgehead atoms. The summed E-state index contributed by atoms with van der Waals surface area (Å²) >= 11 is 0. The fraction of sp³-hybridized carbons (Fsp3) is 0.308. The summed E-state index contributed by atoms with van der Waals surface area (Å²) in [4.78, 5) is 4.84. The predicted molar refractivity (Wildman–Crippen MR) is 230 cm³/mol. The zero-order valence-corrected chi connectivity index (χ0v) is 35.8. The van der Waals surface area contributed by atoms with Crippen molar-refractivity contribution in [2.24, 2.45) is 0 Å². The summed E-state index contributed by atoms with van der Waals surface area (Å²) in [7, 11) is 0. The van der Waals surface area contributed by atoms with Gasteiger partial charge in [-0.3, -0.25) is 4.57 Å². The Labute approximate surface area is 359 Å². The van der Waals surface area contributed by atoms with Gasteiger partial charge >= 0.3 is 0 Å². The Bertz CT molecular complexity index is 2820. The first-order chi connectivity index (χ1) is 28.6. The molecule has 0 radical (unpaired) electrons. The van der Waals surface area contributed by atoms with E-state index in [9.17, 15) is 2.74 Å². The molecule has 10 rings (SSSR count). The molecule has 58 heavy (non-hydrogen) atoms.